The lowest BCUT2D eigenvalue weighted by molar-refractivity contribution is -0.146. The van der Waals surface area contributed by atoms with Crippen molar-refractivity contribution in [2.75, 3.05) is 13.2 Å². The summed E-state index contributed by atoms with van der Waals surface area (Å²) in [5.41, 5.74) is 1.31. The Hall–Kier alpha value is -0.430. The molecule has 0 spiro atoms. The lowest BCUT2D eigenvalue weighted by Crippen LogP contribution is -2.26. The fourth-order valence-corrected chi connectivity index (χ4v) is 6.94. The summed E-state index contributed by atoms with van der Waals surface area (Å²) in [5.74, 6) is -0.147. The number of ether oxygens (including phenoxy) is 3. The number of hydrogen-bond acceptors (Lipinski definition) is 7. The number of carbonyl (C=O) groups excluding carboxylic acids is 3. The molecule has 0 radical (unpaired) electrons. The number of carbonyl (C=O) groups is 3. The largest absolute Gasteiger partial charge is 0.506 e. The van der Waals surface area contributed by atoms with Crippen molar-refractivity contribution >= 4 is 108 Å². The molecule has 0 aliphatic rings. The van der Waals surface area contributed by atoms with Crippen LogP contribution < -0.4 is 4.74 Å². The van der Waals surface area contributed by atoms with Gasteiger partial charge in [0.2, 0.25) is 0 Å². The fourth-order valence-electron chi connectivity index (χ4n) is 2.93. The highest BCUT2D eigenvalue weighted by molar-refractivity contribution is 14.1. The van der Waals surface area contributed by atoms with Crippen LogP contribution in [0, 0.1) is 19.7 Å². The number of rotatable bonds is 11. The van der Waals surface area contributed by atoms with Gasteiger partial charge in [-0.1, -0.05) is 0 Å². The van der Waals surface area contributed by atoms with Crippen molar-refractivity contribution < 1.29 is 33.7 Å². The van der Waals surface area contributed by atoms with Crippen LogP contribution in [0.3, 0.4) is 0 Å². The van der Waals surface area contributed by atoms with Gasteiger partial charge in [0.1, 0.15) is 5.75 Å². The molecule has 2 rings (SSSR count). The third-order valence-electron chi connectivity index (χ3n) is 4.99. The zero-order valence-corrected chi connectivity index (χ0v) is 29.3. The van der Waals surface area contributed by atoms with Gasteiger partial charge >= 0.3 is 17.9 Å². The Kier molecular flexibility index (Phi) is 13.6. The average Bonchev–Trinajstić information content (AvgIpc) is 2.81. The van der Waals surface area contributed by atoms with Crippen molar-refractivity contribution in [2.45, 2.75) is 52.9 Å². The maximum absolute atomic E-state index is 12.2. The summed E-state index contributed by atoms with van der Waals surface area (Å²) in [7, 11) is 0. The lowest BCUT2D eigenvalue weighted by Gasteiger charge is -2.18. The summed E-state index contributed by atoms with van der Waals surface area (Å²) in [6, 6.07) is 7.51. The second kappa shape index (κ2) is 15.4. The van der Waals surface area contributed by atoms with Crippen molar-refractivity contribution in [1.82, 2.24) is 0 Å². The molecule has 0 aromatic heterocycles. The van der Waals surface area contributed by atoms with Crippen LogP contribution in [0.1, 0.15) is 51.2 Å². The molecule has 0 bridgehead atoms. The minimum Gasteiger partial charge on any atom is -0.506 e. The Morgan fingerprint density at radius 1 is 0.757 bits per heavy atom. The van der Waals surface area contributed by atoms with Gasteiger partial charge < -0.3 is 19.3 Å². The molecule has 0 saturated carbocycles. The van der Waals surface area contributed by atoms with Gasteiger partial charge in [-0.05, 0) is 159 Å². The van der Waals surface area contributed by atoms with E-state index < -0.39 is 5.41 Å². The highest BCUT2D eigenvalue weighted by atomic mass is 127. The maximum Gasteiger partial charge on any atom is 0.316 e. The molecule has 0 amide bonds. The fraction of sp³-hybridized carbons (Fsp3) is 0.423. The number of hydrogen-bond donors (Lipinski definition) is 1. The summed E-state index contributed by atoms with van der Waals surface area (Å²) < 4.78 is 19.2. The van der Waals surface area contributed by atoms with Crippen LogP contribution in [0.25, 0.3) is 0 Å². The molecule has 0 aliphatic heterocycles. The van der Waals surface area contributed by atoms with Gasteiger partial charge in [-0.25, -0.2) is 0 Å². The summed E-state index contributed by atoms with van der Waals surface area (Å²) in [6.45, 7) is 5.78. The van der Waals surface area contributed by atoms with Crippen molar-refractivity contribution in [1.29, 1.82) is 0 Å². The zero-order chi connectivity index (χ0) is 27.8. The standard InChI is InChI=1S/C26H28I4O7/c1-26(2,3)25(34)37-24-19(29)13-16(14-20(24)30)6-8-22(32)36-10-4-9-35-21(31)7-5-15-11-17(27)23(33)18(28)12-15/h11-14,33H,4-10H2,1-3H3. The molecule has 202 valence electrons. The number of aromatic hydroxyl groups is 1. The Labute approximate surface area is 271 Å². The quantitative estimate of drug-likeness (QED) is 0.115. The maximum atomic E-state index is 12.2. The van der Waals surface area contributed by atoms with E-state index in [9.17, 15) is 19.5 Å². The number of esters is 3. The molecule has 37 heavy (non-hydrogen) atoms. The van der Waals surface area contributed by atoms with E-state index in [2.05, 4.69) is 90.4 Å². The summed E-state index contributed by atoms with van der Waals surface area (Å²) in [6.07, 6.45) is 1.91. The van der Waals surface area contributed by atoms with E-state index >= 15 is 0 Å². The third kappa shape index (κ3) is 11.3. The van der Waals surface area contributed by atoms with Gasteiger partial charge in [-0.3, -0.25) is 14.4 Å². The van der Waals surface area contributed by atoms with Crippen molar-refractivity contribution in [3.63, 3.8) is 0 Å². The van der Waals surface area contributed by atoms with E-state index in [4.69, 9.17) is 14.2 Å². The van der Waals surface area contributed by atoms with Gasteiger partial charge in [0.15, 0.2) is 5.75 Å². The first-order chi connectivity index (χ1) is 17.3. The molecule has 0 saturated heterocycles. The predicted molar refractivity (Wildman–Crippen MR) is 174 cm³/mol. The third-order valence-corrected chi connectivity index (χ3v) is 8.24. The second-order valence-electron chi connectivity index (χ2n) is 9.23. The molecule has 0 heterocycles. The monoisotopic (exact) mass is 960 g/mol. The SMILES string of the molecule is CC(C)(C)C(=O)Oc1c(I)cc(CCC(=O)OCCCOC(=O)CCc2cc(I)c(O)c(I)c2)cc1I. The van der Waals surface area contributed by atoms with Crippen LogP contribution in [0.15, 0.2) is 24.3 Å². The smallest absolute Gasteiger partial charge is 0.316 e. The minimum atomic E-state index is -0.599. The predicted octanol–water partition coefficient (Wildman–Crippen LogP) is 6.80. The molecule has 7 nitrogen and oxygen atoms in total. The first-order valence-electron chi connectivity index (χ1n) is 11.5. The zero-order valence-electron chi connectivity index (χ0n) is 20.7. The van der Waals surface area contributed by atoms with E-state index in [-0.39, 0.29) is 49.7 Å². The summed E-state index contributed by atoms with van der Waals surface area (Å²) >= 11 is 8.38. The minimum absolute atomic E-state index is 0.178. The first-order valence-corrected chi connectivity index (χ1v) is 15.8. The molecule has 0 fully saturated rings. The normalized spacial score (nSPS) is 11.2. The highest BCUT2D eigenvalue weighted by Crippen LogP contribution is 2.31. The first kappa shape index (κ1) is 32.8. The molecule has 2 aromatic carbocycles. The number of aryl methyl sites for hydroxylation is 2. The van der Waals surface area contributed by atoms with Gasteiger partial charge in [0.25, 0.3) is 0 Å². The summed E-state index contributed by atoms with van der Waals surface area (Å²) in [4.78, 5) is 36.3. The van der Waals surface area contributed by atoms with Crippen LogP contribution in [0.4, 0.5) is 0 Å². The van der Waals surface area contributed by atoms with Crippen LogP contribution in [0.5, 0.6) is 11.5 Å². The van der Waals surface area contributed by atoms with Crippen molar-refractivity contribution in [3.05, 3.63) is 49.7 Å². The average molecular weight is 960 g/mol. The van der Waals surface area contributed by atoms with E-state index in [0.717, 1.165) is 25.4 Å². The van der Waals surface area contributed by atoms with Crippen LogP contribution in [-0.4, -0.2) is 36.2 Å². The number of phenols is 1. The Morgan fingerprint density at radius 2 is 1.16 bits per heavy atom. The second-order valence-corrected chi connectivity index (χ2v) is 13.9. The molecule has 2 aromatic rings. The van der Waals surface area contributed by atoms with E-state index in [1.54, 1.807) is 20.8 Å². The molecular weight excluding hydrogens is 932 g/mol. The highest BCUT2D eigenvalue weighted by Gasteiger charge is 2.25. The van der Waals surface area contributed by atoms with E-state index in [1.807, 2.05) is 24.3 Å². The molecule has 0 unspecified atom stereocenters. The molecular formula is C26H28I4O7. The van der Waals surface area contributed by atoms with Crippen molar-refractivity contribution in [3.8, 4) is 11.5 Å². The van der Waals surface area contributed by atoms with Gasteiger partial charge in [0.05, 0.1) is 32.9 Å². The lowest BCUT2D eigenvalue weighted by atomic mass is 9.97. The van der Waals surface area contributed by atoms with E-state index in [0.29, 0.717) is 25.0 Å². The van der Waals surface area contributed by atoms with Gasteiger partial charge in [-0.2, -0.15) is 0 Å². The van der Waals surface area contributed by atoms with Crippen LogP contribution >= 0.6 is 90.4 Å². The summed E-state index contributed by atoms with van der Waals surface area (Å²) in [5, 5.41) is 9.83. The van der Waals surface area contributed by atoms with E-state index in [1.165, 1.54) is 0 Å². The topological polar surface area (TPSA) is 99.1 Å². The van der Waals surface area contributed by atoms with Crippen molar-refractivity contribution in [2.24, 2.45) is 5.41 Å². The van der Waals surface area contributed by atoms with Gasteiger partial charge in [0, 0.05) is 19.3 Å². The van der Waals surface area contributed by atoms with Crippen LogP contribution in [0.2, 0.25) is 0 Å². The van der Waals surface area contributed by atoms with Gasteiger partial charge in [-0.15, -0.1) is 0 Å². The number of phenolic OH excluding ortho intramolecular Hbond substituents is 1. The molecule has 1 N–H and O–H groups in total. The molecule has 0 atom stereocenters. The Morgan fingerprint density at radius 3 is 1.57 bits per heavy atom. The molecule has 11 heteroatoms. The Bertz CT molecular complexity index is 1100. The number of halogens is 4. The molecule has 0 aliphatic carbocycles. The number of benzene rings is 2. The Balaban J connectivity index is 1.67. The van der Waals surface area contributed by atoms with Crippen LogP contribution in [-0.2, 0) is 36.7 Å².